The highest BCUT2D eigenvalue weighted by molar-refractivity contribution is 14.0. The zero-order valence-electron chi connectivity index (χ0n) is 14.6. The van der Waals surface area contributed by atoms with Crippen LogP contribution in [-0.4, -0.2) is 49.5 Å². The van der Waals surface area contributed by atoms with E-state index in [1.807, 2.05) is 13.8 Å². The first-order valence-corrected chi connectivity index (χ1v) is 7.20. The van der Waals surface area contributed by atoms with Crippen LogP contribution in [0.4, 0.5) is 0 Å². The fourth-order valence-corrected chi connectivity index (χ4v) is 2.41. The van der Waals surface area contributed by atoms with Crippen molar-refractivity contribution < 1.29 is 4.79 Å². The minimum absolute atomic E-state index is 0. The molecule has 1 fully saturated rings. The maximum atomic E-state index is 11.8. The average Bonchev–Trinajstić information content (AvgIpc) is 2.36. The number of guanidine groups is 1. The number of carbonyl (C=O) groups is 1. The van der Waals surface area contributed by atoms with Gasteiger partial charge in [0.05, 0.1) is 5.41 Å². The third-order valence-electron chi connectivity index (χ3n) is 4.88. The van der Waals surface area contributed by atoms with Crippen molar-refractivity contribution in [3.63, 3.8) is 0 Å². The highest BCUT2D eigenvalue weighted by Gasteiger charge is 2.53. The van der Waals surface area contributed by atoms with Crippen LogP contribution in [0.1, 0.15) is 41.5 Å². The van der Waals surface area contributed by atoms with Crippen LogP contribution < -0.4 is 10.6 Å². The van der Waals surface area contributed by atoms with Gasteiger partial charge >= 0.3 is 0 Å². The van der Waals surface area contributed by atoms with Crippen molar-refractivity contribution in [2.45, 2.75) is 47.1 Å². The molecule has 124 valence electrons. The number of halogens is 1. The molecule has 0 unspecified atom stereocenters. The van der Waals surface area contributed by atoms with E-state index >= 15 is 0 Å². The summed E-state index contributed by atoms with van der Waals surface area (Å²) in [5.41, 5.74) is -0.137. The van der Waals surface area contributed by atoms with Crippen LogP contribution >= 0.6 is 24.0 Å². The maximum absolute atomic E-state index is 11.8. The Kier molecular flexibility index (Phi) is 6.54. The minimum Gasteiger partial charge on any atom is -0.359 e. The second-order valence-corrected chi connectivity index (χ2v) is 7.39. The van der Waals surface area contributed by atoms with E-state index in [4.69, 9.17) is 0 Å². The molecule has 0 aliphatic carbocycles. The van der Waals surface area contributed by atoms with E-state index < -0.39 is 5.41 Å². The standard InChI is InChI=1S/C15H30N4O.HI/c1-13(2,11(20)16-7)9-18-12(17-8)19-10-14(3,4)15(19,5)6;/h9-10H2,1-8H3,(H,16,20)(H,17,18);1H. The summed E-state index contributed by atoms with van der Waals surface area (Å²) in [5.74, 6) is 0.898. The molecule has 0 aromatic rings. The third-order valence-corrected chi connectivity index (χ3v) is 4.88. The molecular formula is C15H31IN4O. The topological polar surface area (TPSA) is 56.7 Å². The molecule has 0 atom stereocenters. The van der Waals surface area contributed by atoms with Crippen LogP contribution in [0.5, 0.6) is 0 Å². The summed E-state index contributed by atoms with van der Waals surface area (Å²) in [5, 5.41) is 6.04. The molecule has 1 saturated heterocycles. The van der Waals surface area contributed by atoms with E-state index in [1.165, 1.54) is 0 Å². The molecule has 1 rings (SSSR count). The predicted molar refractivity (Wildman–Crippen MR) is 99.2 cm³/mol. The number of nitrogens with zero attached hydrogens (tertiary/aromatic N) is 2. The molecule has 0 aromatic carbocycles. The number of nitrogens with one attached hydrogen (secondary N) is 2. The van der Waals surface area contributed by atoms with Crippen molar-refractivity contribution in [1.82, 2.24) is 15.5 Å². The average molecular weight is 410 g/mol. The van der Waals surface area contributed by atoms with E-state index in [0.717, 1.165) is 12.5 Å². The lowest BCUT2D eigenvalue weighted by Gasteiger charge is -2.62. The lowest BCUT2D eigenvalue weighted by Crippen LogP contribution is -2.72. The van der Waals surface area contributed by atoms with Crippen LogP contribution in [-0.2, 0) is 4.79 Å². The van der Waals surface area contributed by atoms with Crippen molar-refractivity contribution in [3.05, 3.63) is 0 Å². The summed E-state index contributed by atoms with van der Waals surface area (Å²) in [6.07, 6.45) is 0. The molecule has 0 aromatic heterocycles. The van der Waals surface area contributed by atoms with Crippen molar-refractivity contribution >= 4 is 35.8 Å². The van der Waals surface area contributed by atoms with E-state index in [9.17, 15) is 4.79 Å². The number of hydrogen-bond donors (Lipinski definition) is 2. The summed E-state index contributed by atoms with van der Waals surface area (Å²) in [4.78, 5) is 18.4. The van der Waals surface area contributed by atoms with Gasteiger partial charge in [0.25, 0.3) is 0 Å². The minimum atomic E-state index is -0.463. The quantitative estimate of drug-likeness (QED) is 0.426. The first-order chi connectivity index (χ1) is 8.99. The third kappa shape index (κ3) is 3.81. The monoisotopic (exact) mass is 410 g/mol. The first kappa shape index (κ1) is 20.5. The number of carbonyl (C=O) groups excluding carboxylic acids is 1. The second-order valence-electron chi connectivity index (χ2n) is 7.39. The fourth-order valence-electron chi connectivity index (χ4n) is 2.41. The Morgan fingerprint density at radius 2 is 1.81 bits per heavy atom. The van der Waals surface area contributed by atoms with Crippen LogP contribution in [0.2, 0.25) is 0 Å². The fraction of sp³-hybridized carbons (Fsp3) is 0.867. The van der Waals surface area contributed by atoms with Gasteiger partial charge in [-0.1, -0.05) is 13.8 Å². The van der Waals surface area contributed by atoms with Crippen LogP contribution in [0.3, 0.4) is 0 Å². The van der Waals surface area contributed by atoms with E-state index in [0.29, 0.717) is 6.54 Å². The molecule has 0 radical (unpaired) electrons. The lowest BCUT2D eigenvalue weighted by molar-refractivity contribution is -0.128. The Morgan fingerprint density at radius 1 is 1.29 bits per heavy atom. The Labute approximate surface area is 146 Å². The number of amides is 1. The summed E-state index contributed by atoms with van der Waals surface area (Å²) in [6.45, 7) is 14.4. The number of hydrogen-bond acceptors (Lipinski definition) is 2. The zero-order chi connectivity index (χ0) is 15.8. The SMILES string of the molecule is CN=C(NCC(C)(C)C(=O)NC)N1CC(C)(C)C1(C)C.I. The van der Waals surface area contributed by atoms with Gasteiger partial charge in [-0.15, -0.1) is 24.0 Å². The zero-order valence-corrected chi connectivity index (χ0v) is 17.0. The second kappa shape index (κ2) is 6.71. The molecule has 1 amide bonds. The first-order valence-electron chi connectivity index (χ1n) is 7.20. The Balaban J connectivity index is 0.00000400. The van der Waals surface area contributed by atoms with E-state index in [-0.39, 0.29) is 40.8 Å². The highest BCUT2D eigenvalue weighted by Crippen LogP contribution is 2.46. The van der Waals surface area contributed by atoms with Gasteiger partial charge in [0.15, 0.2) is 5.96 Å². The summed E-state index contributed by atoms with van der Waals surface area (Å²) < 4.78 is 0. The van der Waals surface area contributed by atoms with Gasteiger partial charge in [-0.05, 0) is 27.7 Å². The number of aliphatic imine (C=N–C) groups is 1. The van der Waals surface area contributed by atoms with Gasteiger partial charge in [0.2, 0.25) is 5.91 Å². The molecule has 0 spiro atoms. The molecule has 5 nitrogen and oxygen atoms in total. The molecule has 1 aliphatic rings. The predicted octanol–water partition coefficient (Wildman–Crippen LogP) is 2.07. The smallest absolute Gasteiger partial charge is 0.227 e. The Morgan fingerprint density at radius 3 is 2.14 bits per heavy atom. The van der Waals surface area contributed by atoms with Crippen LogP contribution in [0, 0.1) is 10.8 Å². The lowest BCUT2D eigenvalue weighted by atomic mass is 9.65. The summed E-state index contributed by atoms with van der Waals surface area (Å²) in [7, 11) is 3.45. The molecule has 0 bridgehead atoms. The Bertz CT molecular complexity index is 416. The van der Waals surface area contributed by atoms with Gasteiger partial charge in [-0.2, -0.15) is 0 Å². The van der Waals surface area contributed by atoms with Crippen LogP contribution in [0.25, 0.3) is 0 Å². The molecule has 0 saturated carbocycles. The van der Waals surface area contributed by atoms with Gasteiger partial charge < -0.3 is 15.5 Å². The molecule has 6 heteroatoms. The van der Waals surface area contributed by atoms with E-state index in [2.05, 4.69) is 48.2 Å². The van der Waals surface area contributed by atoms with Crippen molar-refractivity contribution in [3.8, 4) is 0 Å². The van der Waals surface area contributed by atoms with Gasteiger partial charge in [0, 0.05) is 38.1 Å². The normalized spacial score (nSPS) is 20.2. The maximum Gasteiger partial charge on any atom is 0.227 e. The molecular weight excluding hydrogens is 379 g/mol. The summed E-state index contributed by atoms with van der Waals surface area (Å²) >= 11 is 0. The molecule has 21 heavy (non-hydrogen) atoms. The number of likely N-dealkylation sites (tertiary alicyclic amines) is 1. The summed E-state index contributed by atoms with van der Waals surface area (Å²) in [6, 6.07) is 0. The largest absolute Gasteiger partial charge is 0.359 e. The Hall–Kier alpha value is -0.530. The molecule has 2 N–H and O–H groups in total. The van der Waals surface area contributed by atoms with Crippen molar-refractivity contribution in [1.29, 1.82) is 0 Å². The van der Waals surface area contributed by atoms with Gasteiger partial charge in [-0.25, -0.2) is 0 Å². The number of rotatable bonds is 3. The van der Waals surface area contributed by atoms with Gasteiger partial charge in [0.1, 0.15) is 0 Å². The highest BCUT2D eigenvalue weighted by atomic mass is 127. The van der Waals surface area contributed by atoms with Crippen molar-refractivity contribution in [2.75, 3.05) is 27.2 Å². The van der Waals surface area contributed by atoms with Gasteiger partial charge in [-0.3, -0.25) is 9.79 Å². The van der Waals surface area contributed by atoms with Crippen molar-refractivity contribution in [2.24, 2.45) is 15.8 Å². The molecule has 1 heterocycles. The van der Waals surface area contributed by atoms with E-state index in [1.54, 1.807) is 14.1 Å². The molecule has 1 aliphatic heterocycles. The van der Waals surface area contributed by atoms with Crippen LogP contribution in [0.15, 0.2) is 4.99 Å².